The van der Waals surface area contributed by atoms with E-state index < -0.39 is 0 Å². The fourth-order valence-electron chi connectivity index (χ4n) is 1.54. The van der Waals surface area contributed by atoms with E-state index in [0.29, 0.717) is 0 Å². The van der Waals surface area contributed by atoms with Crippen molar-refractivity contribution in [2.45, 2.75) is 23.7 Å². The summed E-state index contributed by atoms with van der Waals surface area (Å²) in [6, 6.07) is 2.20. The maximum absolute atomic E-state index is 4.42. The van der Waals surface area contributed by atoms with Crippen molar-refractivity contribution in [1.29, 1.82) is 0 Å². The number of halogens is 1. The third-order valence-electron chi connectivity index (χ3n) is 2.24. The Bertz CT molecular complexity index is 446. The number of alkyl halides is 1. The first kappa shape index (κ1) is 9.19. The van der Waals surface area contributed by atoms with Crippen molar-refractivity contribution in [1.82, 2.24) is 4.98 Å². The third kappa shape index (κ3) is 1.93. The summed E-state index contributed by atoms with van der Waals surface area (Å²) in [7, 11) is 0. The molecule has 0 saturated carbocycles. The SMILES string of the molecule is Cc1cnc2c(c1)=CC[C@](C)(I)C=2. The van der Waals surface area contributed by atoms with E-state index in [4.69, 9.17) is 0 Å². The molecular formula is C11H12IN. The molecule has 1 heterocycles. The van der Waals surface area contributed by atoms with Crippen LogP contribution < -0.4 is 10.6 Å². The number of aromatic nitrogens is 1. The van der Waals surface area contributed by atoms with Crippen LogP contribution in [-0.4, -0.2) is 8.41 Å². The van der Waals surface area contributed by atoms with Crippen molar-refractivity contribution in [3.05, 3.63) is 28.4 Å². The summed E-state index contributed by atoms with van der Waals surface area (Å²) in [4.78, 5) is 4.42. The van der Waals surface area contributed by atoms with E-state index in [-0.39, 0.29) is 3.42 Å². The summed E-state index contributed by atoms with van der Waals surface area (Å²) >= 11 is 2.47. The fourth-order valence-corrected chi connectivity index (χ4v) is 2.06. The van der Waals surface area contributed by atoms with Crippen molar-refractivity contribution in [3.8, 4) is 0 Å². The molecule has 1 aliphatic rings. The number of hydrogen-bond acceptors (Lipinski definition) is 1. The average Bonchev–Trinajstić information content (AvgIpc) is 2.05. The van der Waals surface area contributed by atoms with Gasteiger partial charge in [-0.3, -0.25) is 4.98 Å². The lowest BCUT2D eigenvalue weighted by Crippen LogP contribution is -2.35. The standard InChI is InChI=1S/C11H12IN/c1-8-5-9-3-4-11(2,12)6-10(9)13-7-8/h3,5-7H,4H2,1-2H3/t11-/m0/s1. The molecule has 0 bridgehead atoms. The molecule has 0 saturated heterocycles. The second-order valence-electron chi connectivity index (χ2n) is 3.82. The third-order valence-corrected chi connectivity index (χ3v) is 3.00. The number of fused-ring (bicyclic) bond motifs is 1. The smallest absolute Gasteiger partial charge is 0.0672 e. The lowest BCUT2D eigenvalue weighted by Gasteiger charge is -2.18. The number of nitrogens with zero attached hydrogens (tertiary/aromatic N) is 1. The van der Waals surface area contributed by atoms with Crippen LogP contribution in [0.4, 0.5) is 0 Å². The molecule has 0 radical (unpaired) electrons. The molecule has 1 atom stereocenters. The van der Waals surface area contributed by atoms with Crippen LogP contribution in [0, 0.1) is 6.92 Å². The molecule has 1 aromatic rings. The molecule has 2 rings (SSSR count). The Labute approximate surface area is 91.7 Å². The van der Waals surface area contributed by atoms with Crippen LogP contribution in [0.25, 0.3) is 12.2 Å². The first-order valence-corrected chi connectivity index (χ1v) is 5.49. The highest BCUT2D eigenvalue weighted by molar-refractivity contribution is 14.1. The first-order chi connectivity index (χ1) is 6.07. The van der Waals surface area contributed by atoms with Gasteiger partial charge in [0, 0.05) is 9.62 Å². The van der Waals surface area contributed by atoms with Crippen LogP contribution in [0.2, 0.25) is 0 Å². The maximum atomic E-state index is 4.42. The van der Waals surface area contributed by atoms with Crippen molar-refractivity contribution < 1.29 is 0 Å². The fraction of sp³-hybridized carbons (Fsp3) is 0.364. The summed E-state index contributed by atoms with van der Waals surface area (Å²) in [5.41, 5.74) is 1.24. The van der Waals surface area contributed by atoms with Crippen molar-refractivity contribution in [2.75, 3.05) is 0 Å². The summed E-state index contributed by atoms with van der Waals surface area (Å²) in [5.74, 6) is 0. The highest BCUT2D eigenvalue weighted by atomic mass is 127. The Hall–Kier alpha value is -0.380. The van der Waals surface area contributed by atoms with Crippen LogP contribution in [0.3, 0.4) is 0 Å². The van der Waals surface area contributed by atoms with Gasteiger partial charge in [-0.15, -0.1) is 0 Å². The molecule has 0 aromatic carbocycles. The maximum Gasteiger partial charge on any atom is 0.0672 e. The first-order valence-electron chi connectivity index (χ1n) is 4.41. The topological polar surface area (TPSA) is 12.9 Å². The Morgan fingerprint density at radius 2 is 2.31 bits per heavy atom. The largest absolute Gasteiger partial charge is 0.256 e. The van der Waals surface area contributed by atoms with E-state index in [0.717, 1.165) is 11.8 Å². The van der Waals surface area contributed by atoms with E-state index in [1.165, 1.54) is 10.8 Å². The molecule has 1 aromatic heterocycles. The number of hydrogen-bond donors (Lipinski definition) is 0. The van der Waals surface area contributed by atoms with Crippen molar-refractivity contribution in [2.24, 2.45) is 0 Å². The van der Waals surface area contributed by atoms with E-state index in [2.05, 4.69) is 59.6 Å². The van der Waals surface area contributed by atoms with E-state index in [1.807, 2.05) is 6.20 Å². The van der Waals surface area contributed by atoms with Gasteiger partial charge in [0.15, 0.2) is 0 Å². The summed E-state index contributed by atoms with van der Waals surface area (Å²) in [6.07, 6.45) is 7.57. The molecule has 0 spiro atoms. The Kier molecular flexibility index (Phi) is 2.18. The van der Waals surface area contributed by atoms with Gasteiger partial charge in [0.1, 0.15) is 0 Å². The average molecular weight is 285 g/mol. The predicted octanol–water partition coefficient (Wildman–Crippen LogP) is 1.55. The minimum atomic E-state index is 0.243. The van der Waals surface area contributed by atoms with Gasteiger partial charge in [-0.2, -0.15) is 0 Å². The van der Waals surface area contributed by atoms with Crippen LogP contribution >= 0.6 is 22.6 Å². The predicted molar refractivity (Wildman–Crippen MR) is 64.2 cm³/mol. The zero-order chi connectivity index (χ0) is 9.47. The van der Waals surface area contributed by atoms with Gasteiger partial charge in [0.05, 0.1) is 5.35 Å². The Morgan fingerprint density at radius 3 is 3.08 bits per heavy atom. The normalized spacial score (nSPS) is 25.8. The molecule has 0 amide bonds. The number of pyridine rings is 1. The van der Waals surface area contributed by atoms with Gasteiger partial charge < -0.3 is 0 Å². The zero-order valence-corrected chi connectivity index (χ0v) is 10.00. The van der Waals surface area contributed by atoms with E-state index >= 15 is 0 Å². The molecule has 13 heavy (non-hydrogen) atoms. The molecule has 1 aliphatic carbocycles. The molecule has 2 heteroatoms. The van der Waals surface area contributed by atoms with Gasteiger partial charge >= 0.3 is 0 Å². The van der Waals surface area contributed by atoms with Crippen molar-refractivity contribution in [3.63, 3.8) is 0 Å². The molecule has 68 valence electrons. The van der Waals surface area contributed by atoms with Gasteiger partial charge in [0.2, 0.25) is 0 Å². The Balaban J connectivity index is 2.71. The molecule has 1 nitrogen and oxygen atoms in total. The highest BCUT2D eigenvalue weighted by Gasteiger charge is 2.17. The highest BCUT2D eigenvalue weighted by Crippen LogP contribution is 2.25. The summed E-state index contributed by atoms with van der Waals surface area (Å²) in [5, 5.41) is 2.42. The van der Waals surface area contributed by atoms with Crippen LogP contribution in [0.15, 0.2) is 12.3 Å². The second kappa shape index (κ2) is 3.08. The van der Waals surface area contributed by atoms with Gasteiger partial charge in [-0.1, -0.05) is 28.7 Å². The molecular weight excluding hydrogens is 273 g/mol. The van der Waals surface area contributed by atoms with Crippen LogP contribution in [-0.2, 0) is 0 Å². The zero-order valence-electron chi connectivity index (χ0n) is 7.84. The van der Waals surface area contributed by atoms with E-state index in [1.54, 1.807) is 0 Å². The molecule has 0 fully saturated rings. The minimum absolute atomic E-state index is 0.243. The van der Waals surface area contributed by atoms with E-state index in [9.17, 15) is 0 Å². The quantitative estimate of drug-likeness (QED) is 0.520. The molecule has 0 N–H and O–H groups in total. The lowest BCUT2D eigenvalue weighted by molar-refractivity contribution is 0.891. The van der Waals surface area contributed by atoms with Crippen LogP contribution in [0.5, 0.6) is 0 Å². The van der Waals surface area contributed by atoms with Gasteiger partial charge in [0.25, 0.3) is 0 Å². The van der Waals surface area contributed by atoms with Crippen molar-refractivity contribution >= 4 is 34.7 Å². The summed E-state index contributed by atoms with van der Waals surface area (Å²) < 4.78 is 0.243. The van der Waals surface area contributed by atoms with Crippen LogP contribution in [0.1, 0.15) is 18.9 Å². The monoisotopic (exact) mass is 285 g/mol. The molecule has 0 aliphatic heterocycles. The second-order valence-corrected chi connectivity index (χ2v) is 6.28. The van der Waals surface area contributed by atoms with Gasteiger partial charge in [-0.05, 0) is 43.2 Å². The Morgan fingerprint density at radius 1 is 1.54 bits per heavy atom. The minimum Gasteiger partial charge on any atom is -0.256 e. The molecule has 0 unspecified atom stereocenters. The number of rotatable bonds is 0. The summed E-state index contributed by atoms with van der Waals surface area (Å²) in [6.45, 7) is 4.31. The van der Waals surface area contributed by atoms with Gasteiger partial charge in [-0.25, -0.2) is 0 Å². The number of aryl methyl sites for hydroxylation is 1. The lowest BCUT2D eigenvalue weighted by atomic mass is 10.0.